The van der Waals surface area contributed by atoms with Gasteiger partial charge >= 0.3 is 154 Å². The first kappa shape index (κ1) is 27.7. The maximum absolute atomic E-state index is 11.2. The molecule has 0 aliphatic rings. The zero-order chi connectivity index (χ0) is 15.1. The van der Waals surface area contributed by atoms with Gasteiger partial charge in [-0.25, -0.2) is 8.42 Å². The zero-order valence-electron chi connectivity index (χ0n) is 12.7. The summed E-state index contributed by atoms with van der Waals surface area (Å²) in [7, 11) is -4.98. The van der Waals surface area contributed by atoms with Gasteiger partial charge in [-0.3, -0.25) is 0 Å². The van der Waals surface area contributed by atoms with Crippen molar-refractivity contribution in [3.8, 4) is 0 Å². The Bertz CT molecular complexity index is 849. The van der Waals surface area contributed by atoms with Gasteiger partial charge in [0, 0.05) is 0 Å². The summed E-state index contributed by atoms with van der Waals surface area (Å²) >= 11 is 0. The third-order valence-corrected chi connectivity index (χ3v) is 3.53. The molecule has 0 aliphatic carbocycles. The number of fused-ring (bicyclic) bond motifs is 1. The van der Waals surface area contributed by atoms with Crippen LogP contribution < -0.4 is 164 Å². The van der Waals surface area contributed by atoms with Crippen molar-refractivity contribution in [2.75, 3.05) is 0 Å². The molecule has 0 atom stereocenters. The molecule has 104 valence electrons. The van der Waals surface area contributed by atoms with Gasteiger partial charge in [-0.1, -0.05) is 12.1 Å². The topological polar surface area (TPSA) is 137 Å². The number of carbonyl (C=O) groups excluding carboxylic acids is 2. The first-order valence-corrected chi connectivity index (χ1v) is 6.57. The van der Waals surface area contributed by atoms with Crippen LogP contribution in [0.4, 0.5) is 0 Å². The summed E-state index contributed by atoms with van der Waals surface area (Å²) in [5, 5.41) is 21.4. The van der Waals surface area contributed by atoms with Gasteiger partial charge in [-0.05, 0) is 40.1 Å². The Morgan fingerprint density at radius 1 is 0.826 bits per heavy atom. The average Bonchev–Trinajstić information content (AvgIpc) is 2.35. The van der Waals surface area contributed by atoms with E-state index in [0.29, 0.717) is 6.07 Å². The fraction of sp³-hybridized carbons (Fsp3) is 0. The van der Waals surface area contributed by atoms with Crippen LogP contribution >= 0.6 is 0 Å². The second-order valence-corrected chi connectivity index (χ2v) is 5.29. The van der Waals surface area contributed by atoms with E-state index in [2.05, 4.69) is 0 Å². The van der Waals surface area contributed by atoms with E-state index >= 15 is 0 Å². The summed E-state index contributed by atoms with van der Waals surface area (Å²) < 4.78 is 33.5. The number of hydrogen-bond acceptors (Lipinski definition) is 7. The Morgan fingerprint density at radius 3 is 1.78 bits per heavy atom. The molecule has 2 aromatic rings. The van der Waals surface area contributed by atoms with E-state index in [9.17, 15) is 32.8 Å². The molecule has 0 heterocycles. The number of carbonyl (C=O) groups is 2. The summed E-state index contributed by atoms with van der Waals surface area (Å²) in [6, 6.07) is 4.95. The zero-order valence-corrected chi connectivity index (χ0v) is 22.8. The summed E-state index contributed by atoms with van der Waals surface area (Å²) in [5.74, 6) is -3.20. The van der Waals surface area contributed by atoms with Crippen molar-refractivity contribution in [3.63, 3.8) is 0 Å². The molecule has 0 unspecified atom stereocenters. The fourth-order valence-corrected chi connectivity index (χ4v) is 2.49. The molecule has 2 aromatic carbocycles. The molecule has 23 heavy (non-hydrogen) atoms. The molecular formula is C12H5K3O7S. The maximum atomic E-state index is 11.2. The van der Waals surface area contributed by atoms with Gasteiger partial charge in [0.15, 0.2) is 0 Å². The molecule has 0 amide bonds. The number of carboxylic acids is 2. The average molecular weight is 411 g/mol. The van der Waals surface area contributed by atoms with Crippen LogP contribution in [0.25, 0.3) is 10.8 Å². The minimum Gasteiger partial charge on any atom is -0.744 e. The van der Waals surface area contributed by atoms with Crippen LogP contribution in [-0.2, 0) is 10.1 Å². The molecule has 0 N–H and O–H groups in total. The van der Waals surface area contributed by atoms with Gasteiger partial charge in [0.25, 0.3) is 0 Å². The van der Waals surface area contributed by atoms with E-state index in [4.69, 9.17) is 0 Å². The van der Waals surface area contributed by atoms with Gasteiger partial charge in [0.05, 0.1) is 16.8 Å². The van der Waals surface area contributed by atoms with Crippen molar-refractivity contribution < 1.29 is 187 Å². The Balaban J connectivity index is 0. The third kappa shape index (κ3) is 7.18. The largest absolute Gasteiger partial charge is 1.00 e. The molecule has 0 saturated carbocycles. The minimum atomic E-state index is -4.98. The Kier molecular flexibility index (Phi) is 13.6. The third-order valence-electron chi connectivity index (χ3n) is 2.66. The quantitative estimate of drug-likeness (QED) is 0.362. The molecule has 0 radical (unpaired) electrons. The Labute approximate surface area is 259 Å². The van der Waals surface area contributed by atoms with Crippen LogP contribution in [0.2, 0.25) is 0 Å². The Morgan fingerprint density at radius 2 is 1.35 bits per heavy atom. The molecule has 0 fully saturated rings. The first-order valence-electron chi connectivity index (χ1n) is 5.16. The summed E-state index contributed by atoms with van der Waals surface area (Å²) in [6.45, 7) is 0. The van der Waals surface area contributed by atoms with Gasteiger partial charge in [0.2, 0.25) is 0 Å². The van der Waals surface area contributed by atoms with Crippen molar-refractivity contribution in [2.24, 2.45) is 0 Å². The number of rotatable bonds is 3. The van der Waals surface area contributed by atoms with Crippen LogP contribution in [0.15, 0.2) is 35.2 Å². The van der Waals surface area contributed by atoms with E-state index in [0.717, 1.165) is 18.2 Å². The van der Waals surface area contributed by atoms with E-state index in [1.165, 1.54) is 6.07 Å². The minimum absolute atomic E-state index is 0. The molecule has 0 aromatic heterocycles. The predicted molar refractivity (Wildman–Crippen MR) is 60.6 cm³/mol. The van der Waals surface area contributed by atoms with E-state index in [1.54, 1.807) is 0 Å². The van der Waals surface area contributed by atoms with Crippen LogP contribution in [0, 0.1) is 0 Å². The molecule has 0 bridgehead atoms. The molecule has 0 spiro atoms. The molecule has 11 heteroatoms. The van der Waals surface area contributed by atoms with Crippen LogP contribution in [0.5, 0.6) is 0 Å². The van der Waals surface area contributed by atoms with Crippen molar-refractivity contribution >= 4 is 32.8 Å². The van der Waals surface area contributed by atoms with Crippen molar-refractivity contribution in [2.45, 2.75) is 4.90 Å². The summed E-state index contributed by atoms with van der Waals surface area (Å²) in [6.07, 6.45) is 0. The smallest absolute Gasteiger partial charge is 0.744 e. The van der Waals surface area contributed by atoms with Crippen LogP contribution in [-0.4, -0.2) is 24.9 Å². The molecule has 2 rings (SSSR count). The molecule has 0 aliphatic heterocycles. The Hall–Kier alpha value is 2.46. The van der Waals surface area contributed by atoms with E-state index in [1.807, 2.05) is 0 Å². The number of carboxylic acid groups (broad SMARTS) is 2. The van der Waals surface area contributed by atoms with Gasteiger partial charge < -0.3 is 24.4 Å². The standard InChI is InChI=1S/C12H8O7S.3K/c13-11(14)7-2-1-6-3-8(12(15)16)5-10(9(6)4-7)20(17,18)19;;;/h1-5H,(H,13,14)(H,15,16)(H,17,18,19);;;/q;3*+1/p-3. The second kappa shape index (κ2) is 11.3. The second-order valence-electron chi connectivity index (χ2n) is 3.94. The first-order chi connectivity index (χ1) is 9.20. The molecule has 7 nitrogen and oxygen atoms in total. The maximum Gasteiger partial charge on any atom is 1.00 e. The van der Waals surface area contributed by atoms with Crippen molar-refractivity contribution in [3.05, 3.63) is 41.5 Å². The predicted octanol–water partition coefficient (Wildman–Crippen LogP) is -10.5. The number of benzene rings is 2. The van der Waals surface area contributed by atoms with Gasteiger partial charge in [-0.2, -0.15) is 0 Å². The molecule has 0 saturated heterocycles. The van der Waals surface area contributed by atoms with Crippen molar-refractivity contribution in [1.82, 2.24) is 0 Å². The summed E-state index contributed by atoms with van der Waals surface area (Å²) in [5.41, 5.74) is -0.822. The SMILES string of the molecule is O=C([O-])c1cc(S(=O)(=O)[O-])c2cc(C(=O)[O-])ccc2c1.[K+].[K+].[K+]. The molecular weight excluding hydrogens is 405 g/mol. The monoisotopic (exact) mass is 410 g/mol. The van der Waals surface area contributed by atoms with Gasteiger partial charge in [-0.15, -0.1) is 0 Å². The number of hydrogen-bond donors (Lipinski definition) is 0. The fourth-order valence-electron chi connectivity index (χ4n) is 1.78. The normalized spacial score (nSPS) is 9.96. The van der Waals surface area contributed by atoms with E-state index in [-0.39, 0.29) is 170 Å². The van der Waals surface area contributed by atoms with E-state index < -0.39 is 32.5 Å². The van der Waals surface area contributed by atoms with Gasteiger partial charge in [0.1, 0.15) is 10.1 Å². The summed E-state index contributed by atoms with van der Waals surface area (Å²) in [4.78, 5) is 20.7. The van der Waals surface area contributed by atoms with Crippen LogP contribution in [0.3, 0.4) is 0 Å². The van der Waals surface area contributed by atoms with Crippen LogP contribution in [0.1, 0.15) is 20.7 Å². The number of aromatic carboxylic acids is 2. The van der Waals surface area contributed by atoms with Crippen molar-refractivity contribution in [1.29, 1.82) is 0 Å².